The number of ether oxygens (including phenoxy) is 1. The summed E-state index contributed by atoms with van der Waals surface area (Å²) < 4.78 is 10.4. The second-order valence-corrected chi connectivity index (χ2v) is 4.74. The quantitative estimate of drug-likeness (QED) is 0.912. The fourth-order valence-electron chi connectivity index (χ4n) is 2.10. The van der Waals surface area contributed by atoms with Crippen LogP contribution in [0.25, 0.3) is 0 Å². The summed E-state index contributed by atoms with van der Waals surface area (Å²) in [5, 5.41) is 6.94. The zero-order valence-corrected chi connectivity index (χ0v) is 11.6. The van der Waals surface area contributed by atoms with Crippen molar-refractivity contribution < 1.29 is 9.26 Å². The van der Waals surface area contributed by atoms with Gasteiger partial charge < -0.3 is 19.5 Å². The van der Waals surface area contributed by atoms with Crippen LogP contribution in [0, 0.1) is 13.8 Å². The zero-order chi connectivity index (χ0) is 13.9. The molecule has 0 aliphatic carbocycles. The summed E-state index contributed by atoms with van der Waals surface area (Å²) in [6, 6.07) is 3.78. The summed E-state index contributed by atoms with van der Waals surface area (Å²) in [7, 11) is 0. The standard InChI is InChI=1S/C13H17N5O2/c1-9-7-12(18-3-5-19-6-4-18)16-13(14-9)15-11-8-10(2)20-17-11/h7-8H,3-6H2,1-2H3,(H,14,15,16,17). The maximum Gasteiger partial charge on any atom is 0.230 e. The Bertz CT molecular complexity index is 592. The average Bonchev–Trinajstić information content (AvgIpc) is 2.84. The highest BCUT2D eigenvalue weighted by Crippen LogP contribution is 2.19. The minimum Gasteiger partial charge on any atom is -0.378 e. The van der Waals surface area contributed by atoms with Crippen LogP contribution in [0.5, 0.6) is 0 Å². The van der Waals surface area contributed by atoms with E-state index in [1.807, 2.05) is 19.9 Å². The fraction of sp³-hybridized carbons (Fsp3) is 0.462. The van der Waals surface area contributed by atoms with Crippen molar-refractivity contribution in [2.45, 2.75) is 13.8 Å². The molecule has 1 N–H and O–H groups in total. The van der Waals surface area contributed by atoms with Crippen molar-refractivity contribution in [3.05, 3.63) is 23.6 Å². The van der Waals surface area contributed by atoms with Crippen molar-refractivity contribution in [1.29, 1.82) is 0 Å². The smallest absolute Gasteiger partial charge is 0.230 e. The normalized spacial score (nSPS) is 15.4. The van der Waals surface area contributed by atoms with Gasteiger partial charge in [0, 0.05) is 30.9 Å². The van der Waals surface area contributed by atoms with Crippen LogP contribution >= 0.6 is 0 Å². The van der Waals surface area contributed by atoms with E-state index in [0.717, 1.165) is 43.6 Å². The molecule has 1 aliphatic rings. The van der Waals surface area contributed by atoms with Gasteiger partial charge in [0.1, 0.15) is 11.6 Å². The van der Waals surface area contributed by atoms with E-state index in [1.54, 1.807) is 6.07 Å². The number of aromatic nitrogens is 3. The number of aryl methyl sites for hydroxylation is 2. The lowest BCUT2D eigenvalue weighted by atomic mass is 10.3. The van der Waals surface area contributed by atoms with Gasteiger partial charge in [-0.05, 0) is 13.8 Å². The largest absolute Gasteiger partial charge is 0.378 e. The first-order valence-corrected chi connectivity index (χ1v) is 6.59. The van der Waals surface area contributed by atoms with Crippen LogP contribution in [-0.4, -0.2) is 41.4 Å². The van der Waals surface area contributed by atoms with Gasteiger partial charge in [0.15, 0.2) is 5.82 Å². The van der Waals surface area contributed by atoms with Crippen LogP contribution in [0.3, 0.4) is 0 Å². The van der Waals surface area contributed by atoms with Gasteiger partial charge in [-0.25, -0.2) is 4.98 Å². The van der Waals surface area contributed by atoms with Gasteiger partial charge in [0.2, 0.25) is 5.95 Å². The van der Waals surface area contributed by atoms with Gasteiger partial charge >= 0.3 is 0 Å². The van der Waals surface area contributed by atoms with E-state index in [1.165, 1.54) is 0 Å². The van der Waals surface area contributed by atoms with E-state index in [-0.39, 0.29) is 0 Å². The van der Waals surface area contributed by atoms with Gasteiger partial charge in [-0.1, -0.05) is 5.16 Å². The molecule has 106 valence electrons. The Balaban J connectivity index is 1.82. The molecule has 0 atom stereocenters. The molecule has 2 aromatic heterocycles. The number of hydrogen-bond acceptors (Lipinski definition) is 7. The zero-order valence-electron chi connectivity index (χ0n) is 11.6. The van der Waals surface area contributed by atoms with Crippen molar-refractivity contribution in [3.63, 3.8) is 0 Å². The molecule has 1 fully saturated rings. The first kappa shape index (κ1) is 12.9. The number of rotatable bonds is 3. The van der Waals surface area contributed by atoms with Gasteiger partial charge in [-0.3, -0.25) is 0 Å². The number of anilines is 3. The predicted octanol–water partition coefficient (Wildman–Crippen LogP) is 1.66. The molecule has 0 saturated carbocycles. The highest BCUT2D eigenvalue weighted by molar-refractivity contribution is 5.52. The Hall–Kier alpha value is -2.15. The molecular formula is C13H17N5O2. The third-order valence-electron chi connectivity index (χ3n) is 3.04. The van der Waals surface area contributed by atoms with Crippen molar-refractivity contribution in [2.24, 2.45) is 0 Å². The number of nitrogens with one attached hydrogen (secondary N) is 1. The van der Waals surface area contributed by atoms with E-state index in [2.05, 4.69) is 25.3 Å². The lowest BCUT2D eigenvalue weighted by Gasteiger charge is -2.28. The average molecular weight is 275 g/mol. The molecule has 0 bridgehead atoms. The Morgan fingerprint density at radius 2 is 1.95 bits per heavy atom. The molecule has 0 spiro atoms. The first-order valence-electron chi connectivity index (χ1n) is 6.59. The maximum atomic E-state index is 5.36. The number of nitrogens with zero attached hydrogens (tertiary/aromatic N) is 4. The molecule has 7 nitrogen and oxygen atoms in total. The Morgan fingerprint density at radius 1 is 1.15 bits per heavy atom. The Kier molecular flexibility index (Phi) is 3.51. The molecule has 20 heavy (non-hydrogen) atoms. The number of hydrogen-bond donors (Lipinski definition) is 1. The molecule has 0 amide bonds. The summed E-state index contributed by atoms with van der Waals surface area (Å²) in [6.45, 7) is 6.94. The van der Waals surface area contributed by atoms with Gasteiger partial charge in [0.05, 0.1) is 13.2 Å². The predicted molar refractivity (Wildman–Crippen MR) is 74.3 cm³/mol. The van der Waals surface area contributed by atoms with E-state index in [9.17, 15) is 0 Å². The Labute approximate surface area is 117 Å². The van der Waals surface area contributed by atoms with Crippen LogP contribution in [0.1, 0.15) is 11.5 Å². The van der Waals surface area contributed by atoms with E-state index < -0.39 is 0 Å². The highest BCUT2D eigenvalue weighted by Gasteiger charge is 2.14. The van der Waals surface area contributed by atoms with Crippen molar-refractivity contribution in [3.8, 4) is 0 Å². The lowest BCUT2D eigenvalue weighted by Crippen LogP contribution is -2.36. The highest BCUT2D eigenvalue weighted by atomic mass is 16.5. The number of morpholine rings is 1. The molecule has 1 saturated heterocycles. The molecule has 2 aromatic rings. The third kappa shape index (κ3) is 2.88. The monoisotopic (exact) mass is 275 g/mol. The SMILES string of the molecule is Cc1cc(N2CCOCC2)nc(Nc2cc(C)on2)n1. The summed E-state index contributed by atoms with van der Waals surface area (Å²) >= 11 is 0. The van der Waals surface area contributed by atoms with Crippen LogP contribution < -0.4 is 10.2 Å². The topological polar surface area (TPSA) is 76.3 Å². The van der Waals surface area contributed by atoms with Gasteiger partial charge in [0.25, 0.3) is 0 Å². The molecule has 1 aliphatic heterocycles. The summed E-state index contributed by atoms with van der Waals surface area (Å²) in [5.74, 6) is 2.79. The minimum absolute atomic E-state index is 0.528. The fourth-order valence-corrected chi connectivity index (χ4v) is 2.10. The van der Waals surface area contributed by atoms with Crippen LogP contribution in [0.2, 0.25) is 0 Å². The molecular weight excluding hydrogens is 258 g/mol. The van der Waals surface area contributed by atoms with E-state index in [0.29, 0.717) is 11.8 Å². The molecule has 0 aromatic carbocycles. The van der Waals surface area contributed by atoms with Crippen molar-refractivity contribution >= 4 is 17.6 Å². The van der Waals surface area contributed by atoms with Crippen LogP contribution in [0.4, 0.5) is 17.6 Å². The third-order valence-corrected chi connectivity index (χ3v) is 3.04. The molecule has 3 rings (SSSR count). The molecule has 3 heterocycles. The maximum absolute atomic E-state index is 5.36. The van der Waals surface area contributed by atoms with E-state index in [4.69, 9.17) is 9.26 Å². The second kappa shape index (κ2) is 5.46. The summed E-state index contributed by atoms with van der Waals surface area (Å²) in [5.41, 5.74) is 0.907. The summed E-state index contributed by atoms with van der Waals surface area (Å²) in [4.78, 5) is 11.1. The molecule has 0 radical (unpaired) electrons. The molecule has 7 heteroatoms. The van der Waals surface area contributed by atoms with Gasteiger partial charge in [-0.2, -0.15) is 4.98 Å². The Morgan fingerprint density at radius 3 is 2.65 bits per heavy atom. The van der Waals surface area contributed by atoms with E-state index >= 15 is 0 Å². The molecule has 0 unspecified atom stereocenters. The summed E-state index contributed by atoms with van der Waals surface area (Å²) in [6.07, 6.45) is 0. The van der Waals surface area contributed by atoms with Crippen molar-refractivity contribution in [1.82, 2.24) is 15.1 Å². The van der Waals surface area contributed by atoms with Crippen LogP contribution in [-0.2, 0) is 4.74 Å². The first-order chi connectivity index (χ1) is 9.70. The second-order valence-electron chi connectivity index (χ2n) is 4.74. The minimum atomic E-state index is 0.528. The van der Waals surface area contributed by atoms with Crippen molar-refractivity contribution in [2.75, 3.05) is 36.5 Å². The van der Waals surface area contributed by atoms with Gasteiger partial charge in [-0.15, -0.1) is 0 Å². The lowest BCUT2D eigenvalue weighted by molar-refractivity contribution is 0.122. The van der Waals surface area contributed by atoms with Crippen LogP contribution in [0.15, 0.2) is 16.7 Å².